The number of fused-ring (bicyclic) bond motifs is 6. The van der Waals surface area contributed by atoms with Crippen LogP contribution in [0, 0.1) is 0 Å². The van der Waals surface area contributed by atoms with Crippen LogP contribution < -0.4 is 5.32 Å². The Balaban J connectivity index is 1.13. The second kappa shape index (κ2) is 11.7. The lowest BCUT2D eigenvalue weighted by Crippen LogP contribution is -2.33. The number of nitrogens with one attached hydrogen (secondary N) is 1. The predicted molar refractivity (Wildman–Crippen MR) is 211 cm³/mol. The van der Waals surface area contributed by atoms with Crippen molar-refractivity contribution in [3.63, 3.8) is 0 Å². The van der Waals surface area contributed by atoms with Crippen LogP contribution in [0.1, 0.15) is 22.9 Å². The van der Waals surface area contributed by atoms with Crippen LogP contribution in [-0.4, -0.2) is 16.2 Å². The minimum atomic E-state index is -0.275. The molecule has 0 bridgehead atoms. The molecular formula is C45H30N4S. The molecule has 5 heteroatoms. The van der Waals surface area contributed by atoms with Crippen LogP contribution in [0.15, 0.2) is 180 Å². The van der Waals surface area contributed by atoms with Gasteiger partial charge in [0, 0.05) is 47.8 Å². The molecule has 3 heterocycles. The number of thiophene rings is 1. The van der Waals surface area contributed by atoms with Crippen molar-refractivity contribution < 1.29 is 0 Å². The Labute approximate surface area is 293 Å². The fraction of sp³-hybridized carbons (Fsp3) is 0.0222. The van der Waals surface area contributed by atoms with Gasteiger partial charge < -0.3 is 9.88 Å². The highest BCUT2D eigenvalue weighted by Gasteiger charge is 2.22. The number of amidine groups is 2. The highest BCUT2D eigenvalue weighted by atomic mass is 32.1. The summed E-state index contributed by atoms with van der Waals surface area (Å²) >= 11 is 1.85. The Morgan fingerprint density at radius 2 is 1.12 bits per heavy atom. The summed E-state index contributed by atoms with van der Waals surface area (Å²) in [5, 5.41) is 8.64. The van der Waals surface area contributed by atoms with E-state index in [2.05, 4.69) is 168 Å². The zero-order valence-corrected chi connectivity index (χ0v) is 27.8. The largest absolute Gasteiger partial charge is 0.344 e. The number of hydrogen-bond donors (Lipinski definition) is 1. The second-order valence-corrected chi connectivity index (χ2v) is 13.8. The molecule has 236 valence electrons. The Kier molecular flexibility index (Phi) is 6.71. The van der Waals surface area contributed by atoms with Gasteiger partial charge in [-0.25, -0.2) is 9.98 Å². The summed E-state index contributed by atoms with van der Waals surface area (Å²) in [6.45, 7) is 0. The van der Waals surface area contributed by atoms with E-state index in [9.17, 15) is 0 Å². The van der Waals surface area contributed by atoms with Crippen LogP contribution >= 0.6 is 11.3 Å². The maximum atomic E-state index is 5.20. The lowest BCUT2D eigenvalue weighted by Gasteiger charge is -2.24. The van der Waals surface area contributed by atoms with Crippen molar-refractivity contribution in [3.05, 3.63) is 187 Å². The molecule has 0 aliphatic carbocycles. The van der Waals surface area contributed by atoms with E-state index >= 15 is 0 Å². The summed E-state index contributed by atoms with van der Waals surface area (Å²) in [7, 11) is 0. The van der Waals surface area contributed by atoms with Crippen molar-refractivity contribution in [2.24, 2.45) is 9.98 Å². The van der Waals surface area contributed by atoms with Gasteiger partial charge in [-0.05, 0) is 53.1 Å². The summed E-state index contributed by atoms with van der Waals surface area (Å²) in [4.78, 5) is 10.4. The van der Waals surface area contributed by atoms with Gasteiger partial charge in [-0.1, -0.05) is 133 Å². The lowest BCUT2D eigenvalue weighted by molar-refractivity contribution is 0.674. The lowest BCUT2D eigenvalue weighted by atomic mass is 10.0. The van der Waals surface area contributed by atoms with Crippen LogP contribution in [-0.2, 0) is 0 Å². The molecule has 50 heavy (non-hydrogen) atoms. The topological polar surface area (TPSA) is 41.7 Å². The van der Waals surface area contributed by atoms with Crippen molar-refractivity contribution in [2.75, 3.05) is 0 Å². The standard InChI is InChI=1S/C45H30N4S/c1-3-11-29(12-4-1)30-19-21-32(22-20-30)44-46-43(31-13-5-2-6-14-31)47-45(48-44)33-23-25-36-35-15-7-9-17-39(35)49(40(36)27-33)34-24-26-42-38(28-34)37-16-8-10-18-41(37)50-42/h1-28,43H,(H,46,47,48). The quantitative estimate of drug-likeness (QED) is 0.196. The van der Waals surface area contributed by atoms with E-state index in [1.807, 2.05) is 23.5 Å². The van der Waals surface area contributed by atoms with Crippen molar-refractivity contribution in [1.82, 2.24) is 9.88 Å². The van der Waals surface area contributed by atoms with E-state index in [4.69, 9.17) is 9.98 Å². The third-order valence-electron chi connectivity index (χ3n) is 9.67. The Bertz CT molecular complexity index is 2770. The second-order valence-electron chi connectivity index (χ2n) is 12.7. The minimum absolute atomic E-state index is 0.275. The molecule has 0 saturated heterocycles. The predicted octanol–water partition coefficient (Wildman–Crippen LogP) is 11.3. The number of benzene rings is 7. The number of rotatable bonds is 5. The van der Waals surface area contributed by atoms with Crippen molar-refractivity contribution >= 4 is 65.0 Å². The average Bonchev–Trinajstić information content (AvgIpc) is 3.73. The summed E-state index contributed by atoms with van der Waals surface area (Å²) in [5.74, 6) is 1.51. The normalized spacial score (nSPS) is 14.6. The monoisotopic (exact) mass is 658 g/mol. The van der Waals surface area contributed by atoms with E-state index in [0.29, 0.717) is 5.84 Å². The average molecular weight is 659 g/mol. The van der Waals surface area contributed by atoms with E-state index < -0.39 is 0 Å². The molecule has 2 aromatic heterocycles. The molecule has 1 aliphatic rings. The molecule has 9 aromatic rings. The van der Waals surface area contributed by atoms with Gasteiger partial charge in [0.25, 0.3) is 0 Å². The molecule has 1 N–H and O–H groups in total. The molecule has 4 nitrogen and oxygen atoms in total. The van der Waals surface area contributed by atoms with E-state index in [1.165, 1.54) is 47.6 Å². The van der Waals surface area contributed by atoms with Gasteiger partial charge in [-0.3, -0.25) is 0 Å². The maximum Gasteiger partial charge on any atom is 0.159 e. The first-order chi connectivity index (χ1) is 24.8. The van der Waals surface area contributed by atoms with Gasteiger partial charge in [0.1, 0.15) is 12.0 Å². The first-order valence-electron chi connectivity index (χ1n) is 16.9. The molecule has 0 radical (unpaired) electrons. The Morgan fingerprint density at radius 1 is 0.480 bits per heavy atom. The summed E-state index contributed by atoms with van der Waals surface area (Å²) in [6.07, 6.45) is -0.275. The summed E-state index contributed by atoms with van der Waals surface area (Å²) < 4.78 is 5.00. The third kappa shape index (κ3) is 4.82. The molecule has 0 amide bonds. The van der Waals surface area contributed by atoms with Crippen LogP contribution in [0.25, 0.3) is 58.8 Å². The number of aliphatic imine (C=N–C) groups is 2. The van der Waals surface area contributed by atoms with Gasteiger partial charge >= 0.3 is 0 Å². The summed E-state index contributed by atoms with van der Waals surface area (Å²) in [5.41, 5.74) is 8.89. The number of aromatic nitrogens is 1. The zero-order chi connectivity index (χ0) is 33.0. The van der Waals surface area contributed by atoms with Gasteiger partial charge in [-0.2, -0.15) is 0 Å². The number of nitrogens with zero attached hydrogens (tertiary/aromatic N) is 3. The highest BCUT2D eigenvalue weighted by Crippen LogP contribution is 2.38. The van der Waals surface area contributed by atoms with Crippen molar-refractivity contribution in [1.29, 1.82) is 0 Å². The number of para-hydroxylation sites is 1. The van der Waals surface area contributed by atoms with Crippen LogP contribution in [0.5, 0.6) is 0 Å². The highest BCUT2D eigenvalue weighted by molar-refractivity contribution is 7.25. The fourth-order valence-corrected chi connectivity index (χ4v) is 8.31. The van der Waals surface area contributed by atoms with E-state index in [1.54, 1.807) is 0 Å². The molecule has 0 fully saturated rings. The fourth-order valence-electron chi connectivity index (χ4n) is 7.22. The van der Waals surface area contributed by atoms with Crippen molar-refractivity contribution in [3.8, 4) is 16.8 Å². The molecule has 1 aliphatic heterocycles. The zero-order valence-electron chi connectivity index (χ0n) is 27.0. The third-order valence-corrected chi connectivity index (χ3v) is 10.8. The van der Waals surface area contributed by atoms with Crippen LogP contribution in [0.2, 0.25) is 0 Å². The molecule has 0 saturated carbocycles. The molecular weight excluding hydrogens is 629 g/mol. The minimum Gasteiger partial charge on any atom is -0.344 e. The SMILES string of the molecule is c1ccc(-c2ccc(C3=NC(c4ccc5c6ccccc6n(-c6ccc7sc8ccccc8c7c6)c5c4)=NC(c4ccccc4)N3)cc2)cc1. The van der Waals surface area contributed by atoms with Crippen LogP contribution in [0.4, 0.5) is 0 Å². The number of hydrogen-bond acceptors (Lipinski definition) is 4. The first-order valence-corrected chi connectivity index (χ1v) is 17.7. The van der Waals surface area contributed by atoms with Crippen LogP contribution in [0.3, 0.4) is 0 Å². The van der Waals surface area contributed by atoms with Crippen molar-refractivity contribution in [2.45, 2.75) is 6.17 Å². The van der Waals surface area contributed by atoms with Gasteiger partial charge in [-0.15, -0.1) is 11.3 Å². The molecule has 1 unspecified atom stereocenters. The Hall–Kier alpha value is -6.30. The summed E-state index contributed by atoms with van der Waals surface area (Å²) in [6, 6.07) is 60.3. The molecule has 7 aromatic carbocycles. The van der Waals surface area contributed by atoms with E-state index in [0.717, 1.165) is 33.7 Å². The Morgan fingerprint density at radius 3 is 1.96 bits per heavy atom. The molecule has 0 spiro atoms. The molecule has 10 rings (SSSR count). The smallest absolute Gasteiger partial charge is 0.159 e. The van der Waals surface area contributed by atoms with Gasteiger partial charge in [0.2, 0.25) is 0 Å². The first kappa shape index (κ1) is 28.7. The molecule has 1 atom stereocenters. The van der Waals surface area contributed by atoms with Gasteiger partial charge in [0.15, 0.2) is 5.84 Å². The van der Waals surface area contributed by atoms with Gasteiger partial charge in [0.05, 0.1) is 11.0 Å². The van der Waals surface area contributed by atoms with E-state index in [-0.39, 0.29) is 6.17 Å². The maximum absolute atomic E-state index is 5.20.